The standard InChI is InChI=1S/C25H18I3O2S.3C25H20IO2S/c26-18-14-23(27)25(24(28)15-18)30-17-29-19-8-7-13-22(16-19)31(20-9-3-1-4-10-20)21-11-5-2-6-12-21;26-20-9-7-10-21(17-20)27-19-28-22-11-8-16-25(18-22)29(23-12-3-1-4-13-23)24-14-5-2-6-15-24;26-20-10-9-11-21(18-20)27-19-28-24-16-7-8-17-25(24)29(22-12-3-1-4-13-22)23-14-5-2-6-15-23;26-20-8-7-9-22(18-20)28-19-27-21-14-16-25(17-15-21)29(23-10-3-1-4-11-23)24-12-5-2-6-13-24/h1-16H,17H2;3*1-18H,19H2/q4*+1. The van der Waals surface area contributed by atoms with Crippen LogP contribution < -0.4 is 37.9 Å². The van der Waals surface area contributed by atoms with Crippen molar-refractivity contribution >= 4 is 179 Å². The molecule has 18 heteroatoms. The Morgan fingerprint density at radius 1 is 0.169 bits per heavy atom. The fourth-order valence-corrected chi connectivity index (χ4v) is 25.8. The van der Waals surface area contributed by atoms with E-state index in [4.69, 9.17) is 37.9 Å². The highest BCUT2D eigenvalue weighted by Crippen LogP contribution is 2.40. The fraction of sp³-hybridized carbons (Fsp3) is 0.0400. The Morgan fingerprint density at radius 2 is 0.415 bits per heavy atom. The number of halogens is 6. The first-order chi connectivity index (χ1) is 58.0. The summed E-state index contributed by atoms with van der Waals surface area (Å²) in [6.45, 7) is 0.689. The second-order valence-corrected chi connectivity index (χ2v) is 40.7. The largest absolute Gasteiger partial charge is 0.457 e. The predicted molar refractivity (Wildman–Crippen MR) is 533 cm³/mol. The van der Waals surface area contributed by atoms with Gasteiger partial charge in [-0.3, -0.25) is 0 Å². The topological polar surface area (TPSA) is 73.8 Å². The molecule has 0 aliphatic carbocycles. The van der Waals surface area contributed by atoms with Crippen molar-refractivity contribution in [2.24, 2.45) is 0 Å². The van der Waals surface area contributed by atoms with E-state index in [1.165, 1.54) is 57.4 Å². The van der Waals surface area contributed by atoms with Gasteiger partial charge in [-0.15, -0.1) is 0 Å². The summed E-state index contributed by atoms with van der Waals surface area (Å²) in [4.78, 5) is 15.1. The van der Waals surface area contributed by atoms with Gasteiger partial charge in [0.1, 0.15) is 51.1 Å². The summed E-state index contributed by atoms with van der Waals surface area (Å²) in [5.41, 5.74) is 0. The van der Waals surface area contributed by atoms with Crippen LogP contribution in [-0.2, 0) is 43.6 Å². The van der Waals surface area contributed by atoms with Crippen LogP contribution in [0.5, 0.6) is 46.0 Å². The molecule has 118 heavy (non-hydrogen) atoms. The highest BCUT2D eigenvalue weighted by Gasteiger charge is 2.34. The van der Waals surface area contributed by atoms with E-state index in [9.17, 15) is 0 Å². The molecule has 0 aliphatic heterocycles. The monoisotopic (exact) mass is 2300 g/mol. The Labute approximate surface area is 785 Å². The molecule has 0 heterocycles. The van der Waals surface area contributed by atoms with Crippen molar-refractivity contribution in [3.63, 3.8) is 0 Å². The van der Waals surface area contributed by atoms with E-state index < -0.39 is 0 Å². The van der Waals surface area contributed by atoms with Gasteiger partial charge < -0.3 is 37.9 Å². The summed E-state index contributed by atoms with van der Waals surface area (Å²) in [5.74, 6) is 6.53. The molecule has 16 aromatic carbocycles. The molecule has 0 aromatic heterocycles. The Bertz CT molecular complexity index is 5540. The van der Waals surface area contributed by atoms with E-state index in [0.29, 0.717) is 0 Å². The van der Waals surface area contributed by atoms with Crippen molar-refractivity contribution in [1.82, 2.24) is 0 Å². The van der Waals surface area contributed by atoms with E-state index >= 15 is 0 Å². The van der Waals surface area contributed by atoms with Crippen LogP contribution >= 0.6 is 136 Å². The van der Waals surface area contributed by atoms with Gasteiger partial charge in [0.05, 0.1) is 39.8 Å². The highest BCUT2D eigenvalue weighted by atomic mass is 127. The third kappa shape index (κ3) is 26.6. The lowest BCUT2D eigenvalue weighted by Gasteiger charge is -2.13. The minimum Gasteiger partial charge on any atom is -0.457 e. The van der Waals surface area contributed by atoms with Gasteiger partial charge in [-0.25, -0.2) is 0 Å². The molecule has 0 spiro atoms. The number of ether oxygens (including phenoxy) is 8. The van der Waals surface area contributed by atoms with E-state index in [0.717, 1.165) is 68.7 Å². The van der Waals surface area contributed by atoms with Crippen LogP contribution in [0.15, 0.2) is 483 Å². The van der Waals surface area contributed by atoms with Crippen molar-refractivity contribution in [1.29, 1.82) is 0 Å². The number of para-hydroxylation sites is 1. The molecule has 16 rings (SSSR count). The van der Waals surface area contributed by atoms with Crippen LogP contribution in [0.4, 0.5) is 0 Å². The van der Waals surface area contributed by atoms with E-state index in [2.05, 4.69) is 433 Å². The smallest absolute Gasteiger partial charge is 0.231 e. The van der Waals surface area contributed by atoms with Crippen molar-refractivity contribution < 1.29 is 37.9 Å². The molecule has 0 radical (unpaired) electrons. The summed E-state index contributed by atoms with van der Waals surface area (Å²) < 4.78 is 53.7. The molecule has 0 saturated heterocycles. The maximum atomic E-state index is 6.09. The van der Waals surface area contributed by atoms with Gasteiger partial charge in [0.25, 0.3) is 0 Å². The normalized spacial score (nSPS) is 10.7. The molecule has 0 saturated carbocycles. The first-order valence-electron chi connectivity index (χ1n) is 37.2. The Balaban J connectivity index is 0.000000136. The molecule has 0 bridgehead atoms. The highest BCUT2D eigenvalue weighted by molar-refractivity contribution is 14.1. The Hall–Kier alpha value is -8.30. The maximum absolute atomic E-state index is 6.09. The summed E-state index contributed by atoms with van der Waals surface area (Å²) in [6, 6.07) is 146. The quantitative estimate of drug-likeness (QED) is 0.0273. The number of hydrogen-bond acceptors (Lipinski definition) is 8. The summed E-state index contributed by atoms with van der Waals surface area (Å²) in [7, 11) is -0.800. The number of rotatable bonds is 28. The van der Waals surface area contributed by atoms with Gasteiger partial charge in [-0.05, 0) is 360 Å². The average Bonchev–Trinajstić information content (AvgIpc) is 0.835. The van der Waals surface area contributed by atoms with E-state index in [1.54, 1.807) is 0 Å². The molecule has 0 atom stereocenters. The van der Waals surface area contributed by atoms with Gasteiger partial charge in [-0.2, -0.15) is 0 Å². The van der Waals surface area contributed by atoms with Crippen LogP contribution in [0.2, 0.25) is 0 Å². The second kappa shape index (κ2) is 47.1. The van der Waals surface area contributed by atoms with Crippen LogP contribution in [0.25, 0.3) is 0 Å². The zero-order valence-corrected chi connectivity index (χ0v) is 79.6. The first-order valence-corrected chi connectivity index (χ1v) is 48.6. The van der Waals surface area contributed by atoms with E-state index in [-0.39, 0.29) is 70.8 Å². The second-order valence-electron chi connectivity index (χ2n) is 25.3. The number of hydrogen-bond donors (Lipinski definition) is 0. The van der Waals surface area contributed by atoms with Crippen molar-refractivity contribution in [3.8, 4) is 46.0 Å². The molecular weight excluding hydrogens is 2220 g/mol. The van der Waals surface area contributed by atoms with Crippen molar-refractivity contribution in [2.45, 2.75) is 58.7 Å². The third-order valence-electron chi connectivity index (χ3n) is 17.2. The summed E-state index contributed by atoms with van der Waals surface area (Å²) in [6.07, 6.45) is 0. The zero-order chi connectivity index (χ0) is 81.3. The van der Waals surface area contributed by atoms with Gasteiger partial charge in [0, 0.05) is 26.4 Å². The van der Waals surface area contributed by atoms with Gasteiger partial charge in [0.2, 0.25) is 32.1 Å². The van der Waals surface area contributed by atoms with E-state index in [1.807, 2.05) is 127 Å². The minimum atomic E-state index is -0.260. The summed E-state index contributed by atoms with van der Waals surface area (Å²) >= 11 is 13.7. The van der Waals surface area contributed by atoms with Crippen molar-refractivity contribution in [2.75, 3.05) is 27.2 Å². The van der Waals surface area contributed by atoms with Crippen molar-refractivity contribution in [3.05, 3.63) is 446 Å². The lowest BCUT2D eigenvalue weighted by atomic mass is 10.3. The molecule has 0 amide bonds. The lowest BCUT2D eigenvalue weighted by molar-refractivity contribution is 0.117. The zero-order valence-electron chi connectivity index (χ0n) is 63.4. The van der Waals surface area contributed by atoms with Gasteiger partial charge in [-0.1, -0.05) is 188 Å². The van der Waals surface area contributed by atoms with Gasteiger partial charge >= 0.3 is 0 Å². The predicted octanol–water partition coefficient (Wildman–Crippen LogP) is 28.4. The maximum Gasteiger partial charge on any atom is 0.231 e. The fourth-order valence-electron chi connectivity index (χ4n) is 11.8. The molecule has 0 aliphatic rings. The third-order valence-corrected chi connectivity index (χ3v) is 30.3. The van der Waals surface area contributed by atoms with Crippen LogP contribution in [0.3, 0.4) is 0 Å². The summed E-state index contributed by atoms with van der Waals surface area (Å²) in [5, 5.41) is 0. The van der Waals surface area contributed by atoms with Crippen LogP contribution in [-0.4, -0.2) is 27.2 Å². The molecule has 588 valence electrons. The average molecular weight is 2300 g/mol. The molecule has 16 aromatic rings. The molecular formula is C100H78I6O8S4+4. The van der Waals surface area contributed by atoms with Crippen LogP contribution in [0, 0.1) is 21.4 Å². The number of benzene rings is 16. The Kier molecular flexibility index (Phi) is 34.9. The lowest BCUT2D eigenvalue weighted by Crippen LogP contribution is -2.11. The molecule has 8 nitrogen and oxygen atoms in total. The minimum absolute atomic E-state index is 0.149. The van der Waals surface area contributed by atoms with Crippen LogP contribution in [0.1, 0.15) is 0 Å². The molecule has 0 N–H and O–H groups in total. The molecule has 0 unspecified atom stereocenters. The molecule has 0 fully saturated rings. The first kappa shape index (κ1) is 87.5. The van der Waals surface area contributed by atoms with Gasteiger partial charge in [0.15, 0.2) is 59.6 Å². The SMILES string of the molecule is Ic1cc(I)c(OCOc2cccc([S+](c3ccccc3)c3ccccc3)c2)c(I)c1.Ic1cccc(OCOc2ccc([S+](c3ccccc3)c3ccccc3)cc2)c1.Ic1cccc(OCOc2cccc([S+](c3ccccc3)c3ccccc3)c2)c1.Ic1cccc(OCOc2ccccc2[S+](c2ccccc2)c2ccccc2)c1. The Morgan fingerprint density at radius 3 is 0.746 bits per heavy atom.